The minimum Gasteiger partial charge on any atom is -0.396 e. The molecule has 0 aliphatic rings. The lowest BCUT2D eigenvalue weighted by Crippen LogP contribution is -2.09. The number of hydrogen-bond donors (Lipinski definition) is 2. The standard InChI is InChI=1S/C11H16O2/c12-9-8-11(13)7-6-10-4-2-1-3-5-10/h1-5,11-13H,6-9H2/t11-/m0/s1. The Hall–Kier alpha value is -0.860. The summed E-state index contributed by atoms with van der Waals surface area (Å²) in [5.41, 5.74) is 1.24. The van der Waals surface area contributed by atoms with Gasteiger partial charge in [0.15, 0.2) is 0 Å². The summed E-state index contributed by atoms with van der Waals surface area (Å²) in [6.45, 7) is 0.0654. The number of aliphatic hydroxyl groups excluding tert-OH is 2. The van der Waals surface area contributed by atoms with Crippen molar-refractivity contribution < 1.29 is 10.2 Å². The largest absolute Gasteiger partial charge is 0.396 e. The SMILES string of the molecule is OCC[C@@H](O)CCc1ccccc1. The molecule has 1 aromatic carbocycles. The van der Waals surface area contributed by atoms with E-state index < -0.39 is 0 Å². The monoisotopic (exact) mass is 180 g/mol. The van der Waals surface area contributed by atoms with E-state index in [0.717, 1.165) is 12.8 Å². The molecule has 2 N–H and O–H groups in total. The molecule has 0 unspecified atom stereocenters. The molecule has 0 aliphatic heterocycles. The van der Waals surface area contributed by atoms with Crippen LogP contribution in [0.3, 0.4) is 0 Å². The van der Waals surface area contributed by atoms with E-state index in [4.69, 9.17) is 5.11 Å². The topological polar surface area (TPSA) is 40.5 Å². The van der Waals surface area contributed by atoms with Crippen molar-refractivity contribution in [1.82, 2.24) is 0 Å². The van der Waals surface area contributed by atoms with Gasteiger partial charge in [0.2, 0.25) is 0 Å². The summed E-state index contributed by atoms with van der Waals surface area (Å²) in [7, 11) is 0. The highest BCUT2D eigenvalue weighted by Gasteiger charge is 2.02. The number of hydrogen-bond acceptors (Lipinski definition) is 2. The van der Waals surface area contributed by atoms with Crippen LogP contribution in [0.2, 0.25) is 0 Å². The molecule has 0 radical (unpaired) electrons. The zero-order valence-corrected chi connectivity index (χ0v) is 7.69. The van der Waals surface area contributed by atoms with E-state index >= 15 is 0 Å². The fourth-order valence-corrected chi connectivity index (χ4v) is 1.27. The van der Waals surface area contributed by atoms with Gasteiger partial charge in [0.05, 0.1) is 6.10 Å². The third-order valence-corrected chi connectivity index (χ3v) is 2.07. The van der Waals surface area contributed by atoms with Gasteiger partial charge in [-0.3, -0.25) is 0 Å². The van der Waals surface area contributed by atoms with Gasteiger partial charge in [0, 0.05) is 6.61 Å². The van der Waals surface area contributed by atoms with Crippen molar-refractivity contribution >= 4 is 0 Å². The van der Waals surface area contributed by atoms with Crippen LogP contribution in [0, 0.1) is 0 Å². The lowest BCUT2D eigenvalue weighted by atomic mass is 10.1. The maximum absolute atomic E-state index is 9.35. The molecule has 72 valence electrons. The van der Waals surface area contributed by atoms with Crippen molar-refractivity contribution in [3.05, 3.63) is 35.9 Å². The van der Waals surface area contributed by atoms with Crippen molar-refractivity contribution in [2.45, 2.75) is 25.4 Å². The molecule has 1 atom stereocenters. The number of aryl methyl sites for hydroxylation is 1. The minimum absolute atomic E-state index is 0.0654. The Labute approximate surface area is 78.8 Å². The van der Waals surface area contributed by atoms with Crippen molar-refractivity contribution in [2.24, 2.45) is 0 Å². The van der Waals surface area contributed by atoms with E-state index in [2.05, 4.69) is 0 Å². The van der Waals surface area contributed by atoms with Crippen LogP contribution in [0.15, 0.2) is 30.3 Å². The molecular formula is C11H16O2. The maximum atomic E-state index is 9.35. The van der Waals surface area contributed by atoms with Gasteiger partial charge >= 0.3 is 0 Å². The fourth-order valence-electron chi connectivity index (χ4n) is 1.27. The Balaban J connectivity index is 2.27. The van der Waals surface area contributed by atoms with Gasteiger partial charge in [0.25, 0.3) is 0 Å². The van der Waals surface area contributed by atoms with Crippen LogP contribution in [0.25, 0.3) is 0 Å². The molecule has 0 spiro atoms. The number of rotatable bonds is 5. The van der Waals surface area contributed by atoms with Gasteiger partial charge in [-0.1, -0.05) is 30.3 Å². The molecular weight excluding hydrogens is 164 g/mol. The second kappa shape index (κ2) is 5.73. The van der Waals surface area contributed by atoms with Crippen LogP contribution in [-0.4, -0.2) is 22.9 Å². The second-order valence-electron chi connectivity index (χ2n) is 3.19. The molecule has 0 heterocycles. The number of benzene rings is 1. The van der Waals surface area contributed by atoms with Crippen LogP contribution < -0.4 is 0 Å². The summed E-state index contributed by atoms with van der Waals surface area (Å²) in [4.78, 5) is 0. The van der Waals surface area contributed by atoms with Crippen molar-refractivity contribution in [1.29, 1.82) is 0 Å². The average molecular weight is 180 g/mol. The van der Waals surface area contributed by atoms with Crippen LogP contribution in [0.1, 0.15) is 18.4 Å². The molecule has 0 aliphatic carbocycles. The van der Waals surface area contributed by atoms with E-state index in [1.165, 1.54) is 5.56 Å². The van der Waals surface area contributed by atoms with Crippen molar-refractivity contribution in [2.75, 3.05) is 6.61 Å². The molecule has 0 bridgehead atoms. The minimum atomic E-state index is -0.370. The molecule has 2 nitrogen and oxygen atoms in total. The van der Waals surface area contributed by atoms with Gasteiger partial charge < -0.3 is 10.2 Å². The van der Waals surface area contributed by atoms with E-state index in [1.54, 1.807) is 0 Å². The van der Waals surface area contributed by atoms with Gasteiger partial charge in [-0.05, 0) is 24.8 Å². The van der Waals surface area contributed by atoms with Crippen LogP contribution in [0.5, 0.6) is 0 Å². The first-order valence-electron chi connectivity index (χ1n) is 4.66. The Morgan fingerprint density at radius 3 is 2.38 bits per heavy atom. The molecule has 0 amide bonds. The highest BCUT2D eigenvalue weighted by atomic mass is 16.3. The Morgan fingerprint density at radius 1 is 1.08 bits per heavy atom. The summed E-state index contributed by atoms with van der Waals surface area (Å²) in [6, 6.07) is 10.1. The van der Waals surface area contributed by atoms with E-state index in [-0.39, 0.29) is 12.7 Å². The third-order valence-electron chi connectivity index (χ3n) is 2.07. The van der Waals surface area contributed by atoms with Crippen LogP contribution in [-0.2, 0) is 6.42 Å². The van der Waals surface area contributed by atoms with Gasteiger partial charge in [-0.25, -0.2) is 0 Å². The van der Waals surface area contributed by atoms with Gasteiger partial charge in [0.1, 0.15) is 0 Å². The van der Waals surface area contributed by atoms with Crippen molar-refractivity contribution in [3.63, 3.8) is 0 Å². The molecule has 2 heteroatoms. The highest BCUT2D eigenvalue weighted by molar-refractivity contribution is 5.14. The lowest BCUT2D eigenvalue weighted by molar-refractivity contribution is 0.125. The summed E-state index contributed by atoms with van der Waals surface area (Å²) in [5, 5.41) is 17.9. The summed E-state index contributed by atoms with van der Waals surface area (Å²) >= 11 is 0. The maximum Gasteiger partial charge on any atom is 0.0565 e. The van der Waals surface area contributed by atoms with Crippen molar-refractivity contribution in [3.8, 4) is 0 Å². The Kier molecular flexibility index (Phi) is 4.50. The zero-order chi connectivity index (χ0) is 9.52. The first kappa shape index (κ1) is 10.2. The molecule has 0 fully saturated rings. The fraction of sp³-hybridized carbons (Fsp3) is 0.455. The summed E-state index contributed by atoms with van der Waals surface area (Å²) < 4.78 is 0. The predicted octanol–water partition coefficient (Wildman–Crippen LogP) is 1.36. The predicted molar refractivity (Wildman–Crippen MR) is 52.5 cm³/mol. The molecule has 1 rings (SSSR count). The quantitative estimate of drug-likeness (QED) is 0.718. The van der Waals surface area contributed by atoms with E-state index in [1.807, 2.05) is 30.3 Å². The number of aliphatic hydroxyl groups is 2. The Morgan fingerprint density at radius 2 is 1.77 bits per heavy atom. The molecule has 0 saturated carbocycles. The smallest absolute Gasteiger partial charge is 0.0565 e. The summed E-state index contributed by atoms with van der Waals surface area (Å²) in [5.74, 6) is 0. The lowest BCUT2D eigenvalue weighted by Gasteiger charge is -2.07. The van der Waals surface area contributed by atoms with E-state index in [9.17, 15) is 5.11 Å². The Bertz CT molecular complexity index is 221. The second-order valence-corrected chi connectivity index (χ2v) is 3.19. The average Bonchev–Trinajstić information content (AvgIpc) is 2.17. The normalized spacial score (nSPS) is 12.8. The molecule has 0 aromatic heterocycles. The first-order chi connectivity index (χ1) is 6.33. The summed E-state index contributed by atoms with van der Waals surface area (Å²) in [6.07, 6.45) is 1.71. The van der Waals surface area contributed by atoms with Crippen LogP contribution >= 0.6 is 0 Å². The molecule has 1 aromatic rings. The van der Waals surface area contributed by atoms with Gasteiger partial charge in [-0.2, -0.15) is 0 Å². The van der Waals surface area contributed by atoms with E-state index in [0.29, 0.717) is 6.42 Å². The highest BCUT2D eigenvalue weighted by Crippen LogP contribution is 2.06. The molecule has 13 heavy (non-hydrogen) atoms. The third kappa shape index (κ3) is 4.06. The van der Waals surface area contributed by atoms with Crippen LogP contribution in [0.4, 0.5) is 0 Å². The molecule has 0 saturated heterocycles. The first-order valence-corrected chi connectivity index (χ1v) is 4.66. The van der Waals surface area contributed by atoms with Gasteiger partial charge in [-0.15, -0.1) is 0 Å². The zero-order valence-electron chi connectivity index (χ0n) is 7.69.